The van der Waals surface area contributed by atoms with Gasteiger partial charge in [-0.05, 0) is 56.0 Å². The standard InChI is InChI=1S/C27H31N3O4/c1-18-10-11-22(19(2)14-18)17-28-30-27(32)24(29-26(31)20-8-6-5-7-9-20)15-21-12-13-23(33-3)16-25(21)34-4/h5-10,12-13,15-17,19,22H,11,14H2,1-4H3,(H,29,31)(H,30,32)/b24-15-,28-17+. The molecule has 2 amide bonds. The maximum atomic E-state index is 13.0. The average Bonchev–Trinajstić information content (AvgIpc) is 2.85. The predicted octanol–water partition coefficient (Wildman–Crippen LogP) is 4.57. The normalized spacial score (nSPS) is 18.2. The summed E-state index contributed by atoms with van der Waals surface area (Å²) in [7, 11) is 3.09. The molecule has 0 aromatic heterocycles. The van der Waals surface area contributed by atoms with Crippen LogP contribution in [0.2, 0.25) is 0 Å². The molecule has 178 valence electrons. The lowest BCUT2D eigenvalue weighted by Gasteiger charge is -2.24. The summed E-state index contributed by atoms with van der Waals surface area (Å²) in [5.74, 6) is 0.872. The van der Waals surface area contributed by atoms with Crippen LogP contribution in [0.1, 0.15) is 42.6 Å². The number of ether oxygens (including phenoxy) is 2. The van der Waals surface area contributed by atoms with Crippen LogP contribution in [0.4, 0.5) is 0 Å². The summed E-state index contributed by atoms with van der Waals surface area (Å²) in [5, 5.41) is 6.89. The van der Waals surface area contributed by atoms with Gasteiger partial charge < -0.3 is 14.8 Å². The highest BCUT2D eigenvalue weighted by atomic mass is 16.5. The van der Waals surface area contributed by atoms with E-state index < -0.39 is 11.8 Å². The van der Waals surface area contributed by atoms with Crippen molar-refractivity contribution in [1.82, 2.24) is 10.7 Å². The molecule has 0 bridgehead atoms. The number of methoxy groups -OCH3 is 2. The molecule has 0 spiro atoms. The molecule has 7 nitrogen and oxygen atoms in total. The Morgan fingerprint density at radius 1 is 1.09 bits per heavy atom. The molecule has 0 fully saturated rings. The molecule has 34 heavy (non-hydrogen) atoms. The van der Waals surface area contributed by atoms with Gasteiger partial charge in [0.25, 0.3) is 11.8 Å². The number of amides is 2. The zero-order valence-electron chi connectivity index (χ0n) is 20.0. The van der Waals surface area contributed by atoms with E-state index >= 15 is 0 Å². The number of nitrogens with zero attached hydrogens (tertiary/aromatic N) is 1. The van der Waals surface area contributed by atoms with Gasteiger partial charge in [0.15, 0.2) is 0 Å². The number of benzene rings is 2. The fraction of sp³-hybridized carbons (Fsp3) is 0.296. The van der Waals surface area contributed by atoms with Gasteiger partial charge in [0.05, 0.1) is 14.2 Å². The predicted molar refractivity (Wildman–Crippen MR) is 134 cm³/mol. The molecule has 0 saturated heterocycles. The van der Waals surface area contributed by atoms with Gasteiger partial charge in [-0.3, -0.25) is 9.59 Å². The van der Waals surface area contributed by atoms with Crippen molar-refractivity contribution in [1.29, 1.82) is 0 Å². The number of rotatable bonds is 8. The average molecular weight is 462 g/mol. The smallest absolute Gasteiger partial charge is 0.287 e. The molecule has 2 atom stereocenters. The van der Waals surface area contributed by atoms with Crippen LogP contribution in [0, 0.1) is 11.8 Å². The van der Waals surface area contributed by atoms with Gasteiger partial charge in [-0.2, -0.15) is 5.10 Å². The van der Waals surface area contributed by atoms with Crippen LogP contribution < -0.4 is 20.2 Å². The van der Waals surface area contributed by atoms with Crippen LogP contribution in [0.5, 0.6) is 11.5 Å². The Balaban J connectivity index is 1.84. The summed E-state index contributed by atoms with van der Waals surface area (Å²) < 4.78 is 10.7. The van der Waals surface area contributed by atoms with Crippen molar-refractivity contribution in [2.24, 2.45) is 16.9 Å². The number of allylic oxidation sites excluding steroid dienone is 2. The SMILES string of the molecule is COc1ccc(/C=C(\NC(=O)c2ccccc2)C(=O)N/N=C/C2CC=C(C)CC2C)c(OC)c1. The van der Waals surface area contributed by atoms with E-state index in [1.54, 1.807) is 61.9 Å². The third kappa shape index (κ3) is 6.57. The Morgan fingerprint density at radius 3 is 2.53 bits per heavy atom. The molecule has 1 aliphatic rings. The molecule has 0 heterocycles. The molecule has 0 radical (unpaired) electrons. The molecule has 0 saturated carbocycles. The van der Waals surface area contributed by atoms with E-state index in [1.165, 1.54) is 12.7 Å². The number of nitrogens with one attached hydrogen (secondary N) is 2. The zero-order chi connectivity index (χ0) is 24.5. The lowest BCUT2D eigenvalue weighted by Crippen LogP contribution is -2.33. The largest absolute Gasteiger partial charge is 0.497 e. The highest BCUT2D eigenvalue weighted by Crippen LogP contribution is 2.28. The Labute approximate surface area is 200 Å². The highest BCUT2D eigenvalue weighted by Gasteiger charge is 2.20. The maximum Gasteiger partial charge on any atom is 0.287 e. The first kappa shape index (κ1) is 24.8. The number of hydrogen-bond acceptors (Lipinski definition) is 5. The number of carbonyl (C=O) groups excluding carboxylic acids is 2. The van der Waals surface area contributed by atoms with E-state index in [-0.39, 0.29) is 11.6 Å². The van der Waals surface area contributed by atoms with Gasteiger partial charge in [0.1, 0.15) is 17.2 Å². The second-order valence-electron chi connectivity index (χ2n) is 8.34. The fourth-order valence-electron chi connectivity index (χ4n) is 3.81. The van der Waals surface area contributed by atoms with Gasteiger partial charge in [0, 0.05) is 29.3 Å². The van der Waals surface area contributed by atoms with Crippen LogP contribution >= 0.6 is 0 Å². The molecule has 1 aliphatic carbocycles. The summed E-state index contributed by atoms with van der Waals surface area (Å²) in [6.07, 6.45) is 7.44. The summed E-state index contributed by atoms with van der Waals surface area (Å²) in [6.45, 7) is 4.31. The summed E-state index contributed by atoms with van der Waals surface area (Å²) >= 11 is 0. The third-order valence-electron chi connectivity index (χ3n) is 5.81. The van der Waals surface area contributed by atoms with Crippen LogP contribution in [0.15, 0.2) is 71.0 Å². The molecule has 2 N–H and O–H groups in total. The van der Waals surface area contributed by atoms with E-state index in [2.05, 4.69) is 35.8 Å². The second kappa shape index (κ2) is 11.8. The maximum absolute atomic E-state index is 13.0. The van der Waals surface area contributed by atoms with E-state index in [0.717, 1.165) is 12.8 Å². The van der Waals surface area contributed by atoms with Gasteiger partial charge in [0.2, 0.25) is 0 Å². The van der Waals surface area contributed by atoms with Crippen molar-refractivity contribution in [3.05, 3.63) is 77.0 Å². The first-order valence-corrected chi connectivity index (χ1v) is 11.2. The van der Waals surface area contributed by atoms with Crippen molar-refractivity contribution in [2.45, 2.75) is 26.7 Å². The van der Waals surface area contributed by atoms with Crippen molar-refractivity contribution in [3.63, 3.8) is 0 Å². The molecule has 0 aliphatic heterocycles. The van der Waals surface area contributed by atoms with Gasteiger partial charge >= 0.3 is 0 Å². The first-order valence-electron chi connectivity index (χ1n) is 11.2. The van der Waals surface area contributed by atoms with Crippen LogP contribution in [0.25, 0.3) is 6.08 Å². The Hall–Kier alpha value is -3.87. The minimum atomic E-state index is -0.534. The molecular weight excluding hydrogens is 430 g/mol. The second-order valence-corrected chi connectivity index (χ2v) is 8.34. The molecule has 2 aromatic carbocycles. The summed E-state index contributed by atoms with van der Waals surface area (Å²) in [5.41, 5.74) is 5.02. The lowest BCUT2D eigenvalue weighted by atomic mass is 9.82. The number of carbonyl (C=O) groups is 2. The van der Waals surface area contributed by atoms with Crippen LogP contribution in [-0.4, -0.2) is 32.2 Å². The third-order valence-corrected chi connectivity index (χ3v) is 5.81. The molecular formula is C27H31N3O4. The quantitative estimate of drug-likeness (QED) is 0.261. The van der Waals surface area contributed by atoms with Crippen molar-refractivity contribution < 1.29 is 19.1 Å². The van der Waals surface area contributed by atoms with E-state index in [9.17, 15) is 9.59 Å². The summed E-state index contributed by atoms with van der Waals surface area (Å²) in [6, 6.07) is 13.9. The molecule has 3 rings (SSSR count). The van der Waals surface area contributed by atoms with Gasteiger partial charge in [-0.15, -0.1) is 0 Å². The van der Waals surface area contributed by atoms with Gasteiger partial charge in [-0.25, -0.2) is 5.43 Å². The van der Waals surface area contributed by atoms with E-state index in [1.807, 2.05) is 6.07 Å². The number of hydrazone groups is 1. The van der Waals surface area contributed by atoms with Crippen LogP contribution in [0.3, 0.4) is 0 Å². The van der Waals surface area contributed by atoms with Crippen molar-refractivity contribution in [3.8, 4) is 11.5 Å². The van der Waals surface area contributed by atoms with Crippen LogP contribution in [-0.2, 0) is 4.79 Å². The monoisotopic (exact) mass is 461 g/mol. The molecule has 2 aromatic rings. The number of hydrogen-bond donors (Lipinski definition) is 2. The molecule has 2 unspecified atom stereocenters. The zero-order valence-corrected chi connectivity index (χ0v) is 20.0. The minimum absolute atomic E-state index is 0.0434. The summed E-state index contributed by atoms with van der Waals surface area (Å²) in [4.78, 5) is 25.8. The Kier molecular flexibility index (Phi) is 8.62. The van der Waals surface area contributed by atoms with E-state index in [4.69, 9.17) is 9.47 Å². The van der Waals surface area contributed by atoms with Gasteiger partial charge in [-0.1, -0.05) is 36.8 Å². The molecule has 7 heteroatoms. The Bertz CT molecular complexity index is 1110. The van der Waals surface area contributed by atoms with Crippen molar-refractivity contribution >= 4 is 24.1 Å². The topological polar surface area (TPSA) is 89.0 Å². The lowest BCUT2D eigenvalue weighted by molar-refractivity contribution is -0.117. The first-order chi connectivity index (χ1) is 16.4. The van der Waals surface area contributed by atoms with E-state index in [0.29, 0.717) is 28.5 Å². The minimum Gasteiger partial charge on any atom is -0.497 e. The van der Waals surface area contributed by atoms with Crippen molar-refractivity contribution in [2.75, 3.05) is 14.2 Å². The fourth-order valence-corrected chi connectivity index (χ4v) is 3.81. The Morgan fingerprint density at radius 2 is 1.85 bits per heavy atom. The highest BCUT2D eigenvalue weighted by molar-refractivity contribution is 6.05.